The maximum atomic E-state index is 13.8. The molecular formula is C28H33N5O4. The van der Waals surface area contributed by atoms with Gasteiger partial charge in [-0.1, -0.05) is 6.07 Å². The van der Waals surface area contributed by atoms with Gasteiger partial charge in [-0.2, -0.15) is 5.26 Å². The summed E-state index contributed by atoms with van der Waals surface area (Å²) >= 11 is 0. The van der Waals surface area contributed by atoms with Crippen molar-refractivity contribution < 1.29 is 19.1 Å². The van der Waals surface area contributed by atoms with Crippen molar-refractivity contribution in [3.8, 4) is 11.8 Å². The van der Waals surface area contributed by atoms with Gasteiger partial charge in [-0.25, -0.2) is 0 Å². The Kier molecular flexibility index (Phi) is 6.06. The van der Waals surface area contributed by atoms with Crippen LogP contribution in [0.4, 0.5) is 0 Å². The largest absolute Gasteiger partial charge is 0.496 e. The van der Waals surface area contributed by atoms with Gasteiger partial charge >= 0.3 is 0 Å². The summed E-state index contributed by atoms with van der Waals surface area (Å²) in [6, 6.07) is 8.15. The number of carbonyl (C=O) groups excluding carboxylic acids is 3. The van der Waals surface area contributed by atoms with Crippen LogP contribution in [0, 0.1) is 40.9 Å². The molecule has 1 aromatic carbocycles. The highest BCUT2D eigenvalue weighted by Gasteiger charge is 2.52. The Bertz CT molecular complexity index is 1280. The molecule has 3 aliphatic carbocycles. The van der Waals surface area contributed by atoms with Crippen molar-refractivity contribution in [3.63, 3.8) is 0 Å². The number of aromatic amines is 1. The average molecular weight is 504 g/mol. The highest BCUT2D eigenvalue weighted by atomic mass is 16.5. The van der Waals surface area contributed by atoms with E-state index in [1.165, 1.54) is 19.3 Å². The van der Waals surface area contributed by atoms with Gasteiger partial charge in [0.05, 0.1) is 13.2 Å². The minimum Gasteiger partial charge on any atom is -0.496 e. The van der Waals surface area contributed by atoms with Gasteiger partial charge in [-0.15, -0.1) is 0 Å². The lowest BCUT2D eigenvalue weighted by Gasteiger charge is -2.27. The zero-order valence-electron chi connectivity index (χ0n) is 21.0. The van der Waals surface area contributed by atoms with E-state index in [0.717, 1.165) is 16.8 Å². The van der Waals surface area contributed by atoms with Crippen LogP contribution >= 0.6 is 0 Å². The molecule has 2 saturated heterocycles. The van der Waals surface area contributed by atoms with Crippen LogP contribution in [0.25, 0.3) is 10.9 Å². The number of carbonyl (C=O) groups is 3. The molecule has 2 bridgehead atoms. The molecule has 3 heterocycles. The maximum absolute atomic E-state index is 13.8. The summed E-state index contributed by atoms with van der Waals surface area (Å²) in [5.74, 6) is 2.15. The number of likely N-dealkylation sites (tertiary alicyclic amines) is 1. The number of aromatic nitrogens is 1. The van der Waals surface area contributed by atoms with Crippen molar-refractivity contribution in [1.29, 1.82) is 5.26 Å². The summed E-state index contributed by atoms with van der Waals surface area (Å²) in [4.78, 5) is 44.3. The fourth-order valence-electron chi connectivity index (χ4n) is 7.28. The second-order valence-corrected chi connectivity index (χ2v) is 11.3. The second-order valence-electron chi connectivity index (χ2n) is 11.3. The lowest BCUT2D eigenvalue weighted by Crippen LogP contribution is -2.49. The number of nitrogens with zero attached hydrogens (tertiary/aromatic N) is 2. The minimum absolute atomic E-state index is 0.0679. The third-order valence-corrected chi connectivity index (χ3v) is 9.22. The zero-order valence-corrected chi connectivity index (χ0v) is 21.0. The number of nitrogens with one attached hydrogen (secondary N) is 3. The zero-order chi connectivity index (χ0) is 25.7. The van der Waals surface area contributed by atoms with Crippen molar-refractivity contribution in [2.45, 2.75) is 50.6 Å². The normalized spacial score (nSPS) is 31.0. The van der Waals surface area contributed by atoms with E-state index in [0.29, 0.717) is 49.2 Å². The summed E-state index contributed by atoms with van der Waals surface area (Å²) in [5, 5.41) is 16.2. The number of benzene rings is 1. The van der Waals surface area contributed by atoms with E-state index in [9.17, 15) is 19.6 Å². The smallest absolute Gasteiger partial charge is 0.270 e. The SMILES string of the molecule is COc1cccc2[nH]c(C(=O)N3CC([C@H]4CC5CC4C5)C[C@H]3C(=O)N[C@H](C#N)C[C@@H]3CCNC3=O)cc12. The van der Waals surface area contributed by atoms with Gasteiger partial charge in [-0.3, -0.25) is 14.4 Å². The molecule has 0 radical (unpaired) electrons. The first-order chi connectivity index (χ1) is 17.9. The summed E-state index contributed by atoms with van der Waals surface area (Å²) in [6.45, 7) is 1.14. The molecule has 5 atom stereocenters. The van der Waals surface area contributed by atoms with E-state index in [1.807, 2.05) is 18.2 Å². The van der Waals surface area contributed by atoms with Crippen LogP contribution in [0.5, 0.6) is 5.75 Å². The lowest BCUT2D eigenvalue weighted by molar-refractivity contribution is -0.126. The molecule has 37 heavy (non-hydrogen) atoms. The minimum atomic E-state index is -0.769. The molecule has 7 rings (SSSR count). The fourth-order valence-corrected chi connectivity index (χ4v) is 7.28. The van der Waals surface area contributed by atoms with Crippen molar-refractivity contribution in [1.82, 2.24) is 20.5 Å². The number of fused-ring (bicyclic) bond motifs is 2. The van der Waals surface area contributed by atoms with Gasteiger partial charge in [0.1, 0.15) is 23.5 Å². The van der Waals surface area contributed by atoms with Gasteiger partial charge in [0.15, 0.2) is 0 Å². The highest BCUT2D eigenvalue weighted by molar-refractivity contribution is 6.01. The van der Waals surface area contributed by atoms with Gasteiger partial charge < -0.3 is 25.3 Å². The first-order valence-electron chi connectivity index (χ1n) is 13.4. The van der Waals surface area contributed by atoms with Gasteiger partial charge in [-0.05, 0) is 80.4 Å². The van der Waals surface area contributed by atoms with E-state index in [2.05, 4.69) is 21.7 Å². The Morgan fingerprint density at radius 2 is 2.08 bits per heavy atom. The second kappa shape index (κ2) is 9.40. The first kappa shape index (κ1) is 23.8. The third-order valence-electron chi connectivity index (χ3n) is 9.22. The summed E-state index contributed by atoms with van der Waals surface area (Å²) in [7, 11) is 1.60. The molecule has 3 N–H and O–H groups in total. The first-order valence-corrected chi connectivity index (χ1v) is 13.4. The summed E-state index contributed by atoms with van der Waals surface area (Å²) in [6.07, 6.45) is 5.29. The maximum Gasteiger partial charge on any atom is 0.270 e. The number of methoxy groups -OCH3 is 1. The van der Waals surface area contributed by atoms with Crippen LogP contribution in [-0.2, 0) is 9.59 Å². The summed E-state index contributed by atoms with van der Waals surface area (Å²) < 4.78 is 5.46. The average Bonchev–Trinajstić information content (AvgIpc) is 3.69. The van der Waals surface area contributed by atoms with Crippen LogP contribution in [0.1, 0.15) is 49.0 Å². The Hall–Kier alpha value is -3.54. The van der Waals surface area contributed by atoms with Crippen LogP contribution < -0.4 is 15.4 Å². The molecule has 9 nitrogen and oxygen atoms in total. The van der Waals surface area contributed by atoms with Crippen LogP contribution in [0.15, 0.2) is 24.3 Å². The van der Waals surface area contributed by atoms with Gasteiger partial charge in [0.25, 0.3) is 5.91 Å². The molecule has 0 spiro atoms. The van der Waals surface area contributed by atoms with E-state index >= 15 is 0 Å². The molecular weight excluding hydrogens is 470 g/mol. The van der Waals surface area contributed by atoms with E-state index in [4.69, 9.17) is 4.74 Å². The monoisotopic (exact) mass is 503 g/mol. The molecule has 1 aromatic heterocycles. The quantitative estimate of drug-likeness (QED) is 0.535. The Morgan fingerprint density at radius 3 is 2.76 bits per heavy atom. The van der Waals surface area contributed by atoms with Crippen molar-refractivity contribution in [2.75, 3.05) is 20.2 Å². The number of amides is 3. The Morgan fingerprint density at radius 1 is 1.24 bits per heavy atom. The van der Waals surface area contributed by atoms with Crippen LogP contribution in [0.2, 0.25) is 0 Å². The van der Waals surface area contributed by atoms with Crippen LogP contribution in [0.3, 0.4) is 0 Å². The molecule has 2 aliphatic heterocycles. The number of hydrogen-bond donors (Lipinski definition) is 3. The molecule has 3 amide bonds. The molecule has 3 saturated carbocycles. The number of hydrogen-bond acceptors (Lipinski definition) is 5. The molecule has 194 valence electrons. The van der Waals surface area contributed by atoms with E-state index in [-0.39, 0.29) is 36.0 Å². The van der Waals surface area contributed by atoms with Crippen molar-refractivity contribution in [3.05, 3.63) is 30.0 Å². The Balaban J connectivity index is 1.23. The highest BCUT2D eigenvalue weighted by Crippen LogP contribution is 2.56. The Labute approximate surface area is 215 Å². The van der Waals surface area contributed by atoms with E-state index < -0.39 is 12.1 Å². The number of H-pyrrole nitrogens is 1. The third kappa shape index (κ3) is 4.22. The standard InChI is InChI=1S/C28H33N5O4/c1-37-25-4-2-3-22-21(25)12-23(32-22)28(36)33-14-18(20-9-15-7-17(20)8-15)11-24(33)27(35)31-19(13-29)10-16-5-6-30-26(16)34/h2-4,12,15-20,24,32H,5-11,14H2,1H3,(H,30,34)(H,31,35)/t15?,16-,17?,18?,19-,20-,24-/m0/s1. The van der Waals surface area contributed by atoms with E-state index in [1.54, 1.807) is 18.1 Å². The van der Waals surface area contributed by atoms with Gasteiger partial charge in [0, 0.05) is 29.9 Å². The predicted molar refractivity (Wildman–Crippen MR) is 135 cm³/mol. The van der Waals surface area contributed by atoms with Crippen LogP contribution in [-0.4, -0.2) is 59.9 Å². The fraction of sp³-hybridized carbons (Fsp3) is 0.571. The number of ether oxygens (including phenoxy) is 1. The lowest BCUT2D eigenvalue weighted by atomic mass is 9.78. The molecule has 5 fully saturated rings. The number of rotatable bonds is 7. The van der Waals surface area contributed by atoms with Crippen molar-refractivity contribution >= 4 is 28.6 Å². The topological polar surface area (TPSA) is 127 Å². The molecule has 9 heteroatoms. The van der Waals surface area contributed by atoms with Crippen molar-refractivity contribution in [2.24, 2.45) is 29.6 Å². The predicted octanol–water partition coefficient (Wildman–Crippen LogP) is 2.59. The molecule has 2 aromatic rings. The number of nitriles is 1. The molecule has 5 aliphatic rings. The summed E-state index contributed by atoms with van der Waals surface area (Å²) in [5.41, 5.74) is 1.23. The van der Waals surface area contributed by atoms with Gasteiger partial charge in [0.2, 0.25) is 11.8 Å². The molecule has 1 unspecified atom stereocenters.